The van der Waals surface area contributed by atoms with Gasteiger partial charge in [-0.2, -0.15) is 4.98 Å². The number of halogens is 1. The highest BCUT2D eigenvalue weighted by molar-refractivity contribution is 5.64. The number of hydrogen-bond acceptors (Lipinski definition) is 4. The number of rotatable bonds is 7. The maximum Gasteiger partial charge on any atom is 0.225 e. The van der Waals surface area contributed by atoms with Crippen molar-refractivity contribution in [2.45, 2.75) is 32.9 Å². The molecule has 1 heterocycles. The molecule has 4 nitrogen and oxygen atoms in total. The van der Waals surface area contributed by atoms with E-state index in [1.165, 1.54) is 6.07 Å². The van der Waals surface area contributed by atoms with E-state index < -0.39 is 0 Å². The van der Waals surface area contributed by atoms with Crippen molar-refractivity contribution in [3.63, 3.8) is 0 Å². The van der Waals surface area contributed by atoms with Crippen LogP contribution in [0.1, 0.15) is 25.8 Å². The monoisotopic (exact) mass is 350 g/mol. The Bertz CT molecular complexity index is 852. The van der Waals surface area contributed by atoms with Gasteiger partial charge in [-0.25, -0.2) is 9.37 Å². The molecule has 3 rings (SSSR count). The van der Waals surface area contributed by atoms with Crippen LogP contribution < -0.4 is 10.6 Å². The molecule has 0 saturated heterocycles. The molecule has 134 valence electrons. The van der Waals surface area contributed by atoms with Gasteiger partial charge in [0.15, 0.2) is 0 Å². The molecule has 0 amide bonds. The van der Waals surface area contributed by atoms with Gasteiger partial charge in [-0.3, -0.25) is 0 Å². The smallest absolute Gasteiger partial charge is 0.225 e. The molecule has 0 aliphatic heterocycles. The normalized spacial score (nSPS) is 11.8. The van der Waals surface area contributed by atoms with Gasteiger partial charge in [0.2, 0.25) is 5.95 Å². The molecule has 0 aliphatic rings. The first-order chi connectivity index (χ1) is 12.7. The Balaban J connectivity index is 1.88. The van der Waals surface area contributed by atoms with Crippen molar-refractivity contribution in [3.8, 4) is 11.3 Å². The Morgan fingerprint density at radius 2 is 1.73 bits per heavy atom. The fraction of sp³-hybridized carbons (Fsp3) is 0.238. The van der Waals surface area contributed by atoms with Crippen LogP contribution in [0.5, 0.6) is 0 Å². The quantitative estimate of drug-likeness (QED) is 0.622. The number of hydrogen-bond donors (Lipinski definition) is 2. The Morgan fingerprint density at radius 3 is 2.46 bits per heavy atom. The molecule has 0 fully saturated rings. The third-order valence-corrected chi connectivity index (χ3v) is 4.20. The van der Waals surface area contributed by atoms with Crippen LogP contribution in [0, 0.1) is 5.82 Å². The molecular formula is C21H23FN4. The van der Waals surface area contributed by atoms with E-state index in [4.69, 9.17) is 0 Å². The van der Waals surface area contributed by atoms with E-state index in [0.29, 0.717) is 24.1 Å². The summed E-state index contributed by atoms with van der Waals surface area (Å²) in [7, 11) is 0. The fourth-order valence-electron chi connectivity index (χ4n) is 2.53. The summed E-state index contributed by atoms with van der Waals surface area (Å²) in [5, 5.41) is 6.53. The van der Waals surface area contributed by atoms with Crippen molar-refractivity contribution in [2.24, 2.45) is 0 Å². The zero-order valence-corrected chi connectivity index (χ0v) is 15.0. The maximum atomic E-state index is 13.8. The van der Waals surface area contributed by atoms with Gasteiger partial charge in [-0.1, -0.05) is 55.5 Å². The van der Waals surface area contributed by atoms with Crippen LogP contribution in [-0.4, -0.2) is 16.0 Å². The van der Waals surface area contributed by atoms with Crippen LogP contribution in [0.2, 0.25) is 0 Å². The van der Waals surface area contributed by atoms with Crippen LogP contribution in [0.15, 0.2) is 60.7 Å². The van der Waals surface area contributed by atoms with Gasteiger partial charge >= 0.3 is 0 Å². The van der Waals surface area contributed by atoms with Crippen molar-refractivity contribution in [1.29, 1.82) is 0 Å². The predicted molar refractivity (Wildman–Crippen MR) is 105 cm³/mol. The van der Waals surface area contributed by atoms with Gasteiger partial charge < -0.3 is 10.6 Å². The molecule has 3 aromatic rings. The lowest BCUT2D eigenvalue weighted by Gasteiger charge is -2.15. The number of aromatic nitrogens is 2. The first-order valence-electron chi connectivity index (χ1n) is 8.84. The molecule has 0 bridgehead atoms. The van der Waals surface area contributed by atoms with E-state index >= 15 is 0 Å². The predicted octanol–water partition coefficient (Wildman–Crippen LogP) is 5.11. The molecule has 1 unspecified atom stereocenters. The van der Waals surface area contributed by atoms with Gasteiger partial charge in [0, 0.05) is 29.8 Å². The van der Waals surface area contributed by atoms with Crippen molar-refractivity contribution in [3.05, 3.63) is 72.0 Å². The molecule has 26 heavy (non-hydrogen) atoms. The molecule has 2 N–H and O–H groups in total. The first kappa shape index (κ1) is 17.9. The molecular weight excluding hydrogens is 327 g/mol. The highest BCUT2D eigenvalue weighted by Gasteiger charge is 2.09. The number of benzene rings is 2. The molecule has 2 aromatic carbocycles. The van der Waals surface area contributed by atoms with Crippen LogP contribution in [-0.2, 0) is 6.54 Å². The lowest BCUT2D eigenvalue weighted by Crippen LogP contribution is -2.16. The Hall–Kier alpha value is -2.95. The zero-order valence-electron chi connectivity index (χ0n) is 15.0. The molecule has 1 aromatic heterocycles. The molecule has 0 saturated carbocycles. The second-order valence-corrected chi connectivity index (χ2v) is 6.23. The van der Waals surface area contributed by atoms with Gasteiger partial charge in [-0.05, 0) is 19.4 Å². The second kappa shape index (κ2) is 8.43. The summed E-state index contributed by atoms with van der Waals surface area (Å²) in [5.41, 5.74) is 2.41. The summed E-state index contributed by atoms with van der Waals surface area (Å²) in [6, 6.07) is 18.9. The van der Waals surface area contributed by atoms with E-state index in [2.05, 4.69) is 34.4 Å². The average molecular weight is 350 g/mol. The molecule has 0 spiro atoms. The summed E-state index contributed by atoms with van der Waals surface area (Å²) in [6.45, 7) is 4.55. The van der Waals surface area contributed by atoms with Crippen LogP contribution in [0.3, 0.4) is 0 Å². The minimum absolute atomic E-state index is 0.239. The van der Waals surface area contributed by atoms with Crippen molar-refractivity contribution in [2.75, 3.05) is 10.6 Å². The molecule has 0 radical (unpaired) electrons. The largest absolute Gasteiger partial charge is 0.367 e. The third kappa shape index (κ3) is 4.57. The van der Waals surface area contributed by atoms with Gasteiger partial charge in [-0.15, -0.1) is 0 Å². The molecule has 0 aliphatic carbocycles. The fourth-order valence-corrected chi connectivity index (χ4v) is 2.53. The van der Waals surface area contributed by atoms with Gasteiger partial charge in [0.05, 0.1) is 5.69 Å². The number of nitrogens with zero attached hydrogens (tertiary/aromatic N) is 2. The van der Waals surface area contributed by atoms with E-state index in [1.54, 1.807) is 12.1 Å². The number of anilines is 2. The SMILES string of the molecule is CCC(C)Nc1cc(-c2ccccc2)nc(NCc2ccccc2F)n1. The van der Waals surface area contributed by atoms with Gasteiger partial charge in [0.25, 0.3) is 0 Å². The van der Waals surface area contributed by atoms with E-state index in [-0.39, 0.29) is 5.82 Å². The summed E-state index contributed by atoms with van der Waals surface area (Å²) in [5.74, 6) is 0.988. The van der Waals surface area contributed by atoms with Gasteiger partial charge in [0.1, 0.15) is 11.6 Å². The highest BCUT2D eigenvalue weighted by atomic mass is 19.1. The van der Waals surface area contributed by atoms with E-state index in [0.717, 1.165) is 23.5 Å². The van der Waals surface area contributed by atoms with Crippen molar-refractivity contribution in [1.82, 2.24) is 9.97 Å². The van der Waals surface area contributed by atoms with E-state index in [9.17, 15) is 4.39 Å². The summed E-state index contributed by atoms with van der Waals surface area (Å²) < 4.78 is 13.8. The average Bonchev–Trinajstić information content (AvgIpc) is 2.68. The Morgan fingerprint density at radius 1 is 1.00 bits per heavy atom. The van der Waals surface area contributed by atoms with Crippen molar-refractivity contribution >= 4 is 11.8 Å². The second-order valence-electron chi connectivity index (χ2n) is 6.23. The number of nitrogens with one attached hydrogen (secondary N) is 2. The Labute approximate surface area is 153 Å². The van der Waals surface area contributed by atoms with Crippen LogP contribution >= 0.6 is 0 Å². The highest BCUT2D eigenvalue weighted by Crippen LogP contribution is 2.22. The summed E-state index contributed by atoms with van der Waals surface area (Å²) in [6.07, 6.45) is 0.989. The summed E-state index contributed by atoms with van der Waals surface area (Å²) in [4.78, 5) is 9.13. The lowest BCUT2D eigenvalue weighted by atomic mass is 10.1. The Kier molecular flexibility index (Phi) is 5.79. The maximum absolute atomic E-state index is 13.8. The minimum Gasteiger partial charge on any atom is -0.367 e. The van der Waals surface area contributed by atoms with Crippen LogP contribution in [0.25, 0.3) is 11.3 Å². The van der Waals surface area contributed by atoms with E-state index in [1.807, 2.05) is 42.5 Å². The lowest BCUT2D eigenvalue weighted by molar-refractivity contribution is 0.612. The third-order valence-electron chi connectivity index (χ3n) is 4.20. The zero-order chi connectivity index (χ0) is 18.4. The standard InChI is InChI=1S/C21H23FN4/c1-3-15(2)24-20-13-19(16-9-5-4-6-10-16)25-21(26-20)23-14-17-11-7-8-12-18(17)22/h4-13,15H,3,14H2,1-2H3,(H2,23,24,25,26). The first-order valence-corrected chi connectivity index (χ1v) is 8.84. The van der Waals surface area contributed by atoms with Crippen molar-refractivity contribution < 1.29 is 4.39 Å². The molecule has 5 heteroatoms. The topological polar surface area (TPSA) is 49.8 Å². The molecule has 1 atom stereocenters. The van der Waals surface area contributed by atoms with Crippen LogP contribution in [0.4, 0.5) is 16.2 Å². The minimum atomic E-state index is -0.239. The summed E-state index contributed by atoms with van der Waals surface area (Å²) >= 11 is 0.